The zero-order valence-electron chi connectivity index (χ0n) is 9.63. The predicted octanol–water partition coefficient (Wildman–Crippen LogP) is 0.610. The summed E-state index contributed by atoms with van der Waals surface area (Å²) in [5.41, 5.74) is 0.265. The van der Waals surface area contributed by atoms with Crippen molar-refractivity contribution in [3.05, 3.63) is 0 Å². The van der Waals surface area contributed by atoms with Gasteiger partial charge in [0.05, 0.1) is 0 Å². The van der Waals surface area contributed by atoms with Crippen LogP contribution in [0.1, 0.15) is 33.1 Å². The quantitative estimate of drug-likeness (QED) is 0.627. The fourth-order valence-corrected chi connectivity index (χ4v) is 10.1. The number of sulfonamides is 1. The third-order valence-electron chi connectivity index (χ3n) is 5.70. The topological polar surface area (TPSA) is 46.2 Å². The van der Waals surface area contributed by atoms with Crippen molar-refractivity contribution in [1.82, 2.24) is 4.72 Å². The second-order valence-corrected chi connectivity index (χ2v) is 9.87. The Morgan fingerprint density at radius 2 is 2.07 bits per heavy atom. The van der Waals surface area contributed by atoms with Gasteiger partial charge in [-0.3, -0.25) is 0 Å². The normalized spacial score (nSPS) is 54.5. The number of hydrogen-bond acceptors (Lipinski definition) is 2. The van der Waals surface area contributed by atoms with Gasteiger partial charge in [-0.1, -0.05) is 0 Å². The predicted molar refractivity (Wildman–Crippen MR) is 59.0 cm³/mol. The minimum atomic E-state index is -2.99. The van der Waals surface area contributed by atoms with Crippen molar-refractivity contribution >= 4 is 38.0 Å². The van der Waals surface area contributed by atoms with Gasteiger partial charge in [0.25, 0.3) is 0 Å². The maximum atomic E-state index is 11.8. The van der Waals surface area contributed by atoms with Crippen LogP contribution in [0.4, 0.5) is 0 Å². The molecule has 2 bridgehead atoms. The fraction of sp³-hybridized carbons (Fsp3) is 1.00. The van der Waals surface area contributed by atoms with Crippen molar-refractivity contribution in [2.24, 2.45) is 16.7 Å². The molecule has 0 radical (unpaired) electrons. The summed E-state index contributed by atoms with van der Waals surface area (Å²) in [6, 6.07) is 0. The van der Waals surface area contributed by atoms with Gasteiger partial charge >= 0.3 is 109 Å². The molecule has 15 heavy (non-hydrogen) atoms. The van der Waals surface area contributed by atoms with E-state index >= 15 is 0 Å². The molecule has 1 N–H and O–H groups in total. The van der Waals surface area contributed by atoms with Crippen molar-refractivity contribution in [2.75, 3.05) is 5.75 Å². The summed E-state index contributed by atoms with van der Waals surface area (Å²) in [6.07, 6.45) is 3.43. The van der Waals surface area contributed by atoms with E-state index < -0.39 is 10.0 Å². The third-order valence-corrected chi connectivity index (χ3v) is 9.31. The van der Waals surface area contributed by atoms with Gasteiger partial charge in [-0.25, -0.2) is 0 Å². The van der Waals surface area contributed by atoms with Crippen molar-refractivity contribution in [1.29, 1.82) is 0 Å². The Hall–Kier alpha value is 0.910. The summed E-state index contributed by atoms with van der Waals surface area (Å²) >= 11 is 0.945. The molecule has 3 nitrogen and oxygen atoms in total. The average Bonchev–Trinajstić information content (AvgIpc) is 2.45. The van der Waals surface area contributed by atoms with E-state index in [0.29, 0.717) is 5.75 Å². The number of rotatable bonds is 0. The van der Waals surface area contributed by atoms with Crippen molar-refractivity contribution < 1.29 is 8.42 Å². The SMILES string of the molecule is CC1(C)C2CCC13CS(=O)(=O)N[C]3([Na])C2. The molecule has 2 saturated carbocycles. The van der Waals surface area contributed by atoms with Gasteiger partial charge in [-0.15, -0.1) is 0 Å². The van der Waals surface area contributed by atoms with Crippen LogP contribution >= 0.6 is 0 Å². The van der Waals surface area contributed by atoms with Crippen LogP contribution in [0.25, 0.3) is 0 Å². The van der Waals surface area contributed by atoms with Crippen LogP contribution in [0, 0.1) is 16.7 Å². The Balaban J connectivity index is 2.20. The average molecular weight is 237 g/mol. The Kier molecular flexibility index (Phi) is 1.96. The second-order valence-electron chi connectivity index (χ2n) is 6.44. The van der Waals surface area contributed by atoms with Crippen molar-refractivity contribution in [3.8, 4) is 0 Å². The third kappa shape index (κ3) is 1.08. The zero-order valence-corrected chi connectivity index (χ0v) is 12.4. The van der Waals surface area contributed by atoms with Crippen LogP contribution in [0.5, 0.6) is 0 Å². The van der Waals surface area contributed by atoms with Crippen LogP contribution in [0.2, 0.25) is 0 Å². The van der Waals surface area contributed by atoms with Gasteiger partial charge in [0.2, 0.25) is 0 Å². The molecule has 3 atom stereocenters. The van der Waals surface area contributed by atoms with Crippen LogP contribution in [-0.2, 0) is 10.0 Å². The Labute approximate surface area is 109 Å². The van der Waals surface area contributed by atoms with Crippen LogP contribution in [0.15, 0.2) is 0 Å². The van der Waals surface area contributed by atoms with E-state index in [1.54, 1.807) is 0 Å². The molecule has 0 amide bonds. The molecule has 80 valence electrons. The van der Waals surface area contributed by atoms with Gasteiger partial charge < -0.3 is 0 Å². The molecular formula is C10H16NNaO2S. The first-order chi connectivity index (χ1) is 6.73. The van der Waals surface area contributed by atoms with E-state index in [2.05, 4.69) is 18.6 Å². The fourth-order valence-electron chi connectivity index (χ4n) is 4.79. The molecule has 1 heterocycles. The summed E-state index contributed by atoms with van der Waals surface area (Å²) in [5.74, 6) is 1.12. The molecule has 3 aliphatic rings. The summed E-state index contributed by atoms with van der Waals surface area (Å²) in [4.78, 5) is 0. The molecule has 3 rings (SSSR count). The molecular weight excluding hydrogens is 221 g/mol. The number of nitrogens with one attached hydrogen (secondary N) is 1. The van der Waals surface area contributed by atoms with Crippen LogP contribution in [0.3, 0.4) is 0 Å². The standard InChI is InChI=1S/C10H16NO2S.Na/c1-9(2)7-3-4-10(9)6-14(12,13)11-8(10)5-7;/h7,11H,3-6H2,1-2H3;. The van der Waals surface area contributed by atoms with Gasteiger partial charge in [0.15, 0.2) is 0 Å². The van der Waals surface area contributed by atoms with Crippen molar-refractivity contribution in [2.45, 2.75) is 35.9 Å². The van der Waals surface area contributed by atoms with Gasteiger partial charge in [0, 0.05) is 0 Å². The molecule has 1 aliphatic heterocycles. The first kappa shape index (κ1) is 11.0. The molecule has 3 fully saturated rings. The van der Waals surface area contributed by atoms with E-state index in [4.69, 9.17) is 0 Å². The molecule has 0 aromatic carbocycles. The summed E-state index contributed by atoms with van der Waals surface area (Å²) in [7, 11) is -2.99. The van der Waals surface area contributed by atoms with E-state index in [1.807, 2.05) is 0 Å². The maximum absolute atomic E-state index is 11.8. The second kappa shape index (κ2) is 2.66. The molecule has 0 aromatic rings. The summed E-state index contributed by atoms with van der Waals surface area (Å²) in [6.45, 7) is 4.57. The first-order valence-electron chi connectivity index (χ1n) is 5.74. The van der Waals surface area contributed by atoms with Crippen LogP contribution < -0.4 is 4.72 Å². The van der Waals surface area contributed by atoms with E-state index in [0.717, 1.165) is 46.7 Å². The molecule has 2 aliphatic carbocycles. The molecule has 0 aromatic heterocycles. The number of hydrogen-bond donors (Lipinski definition) is 1. The van der Waals surface area contributed by atoms with Gasteiger partial charge in [-0.05, 0) is 0 Å². The van der Waals surface area contributed by atoms with Crippen LogP contribution in [-0.4, -0.2) is 44.9 Å². The van der Waals surface area contributed by atoms with E-state index in [-0.39, 0.29) is 13.6 Å². The minimum absolute atomic E-state index is 0.0295. The monoisotopic (exact) mass is 237 g/mol. The summed E-state index contributed by atoms with van der Waals surface area (Å²) in [5, 5.41) is 0. The Morgan fingerprint density at radius 1 is 1.40 bits per heavy atom. The molecule has 1 spiro atoms. The van der Waals surface area contributed by atoms with Gasteiger partial charge in [-0.2, -0.15) is 0 Å². The Morgan fingerprint density at radius 3 is 2.60 bits per heavy atom. The number of fused-ring (bicyclic) bond motifs is 1. The Bertz CT molecular complexity index is 433. The van der Waals surface area contributed by atoms with Gasteiger partial charge in [0.1, 0.15) is 0 Å². The van der Waals surface area contributed by atoms with E-state index in [9.17, 15) is 8.42 Å². The van der Waals surface area contributed by atoms with Crippen molar-refractivity contribution in [3.63, 3.8) is 0 Å². The first-order valence-corrected chi connectivity index (χ1v) is 8.39. The van der Waals surface area contributed by atoms with E-state index in [1.165, 1.54) is 6.42 Å². The molecule has 5 heteroatoms. The molecule has 3 unspecified atom stereocenters. The zero-order chi connectivity index (χ0) is 11.1. The summed E-state index contributed by atoms with van der Waals surface area (Å²) < 4.78 is 26.6. The molecule has 1 saturated heterocycles.